The fourth-order valence-electron chi connectivity index (χ4n) is 4.05. The van der Waals surface area contributed by atoms with Crippen LogP contribution in [0.25, 0.3) is 27.7 Å². The molecule has 1 fully saturated rings. The number of rotatable bonds is 4. The number of anilines is 2. The minimum absolute atomic E-state index is 0.153. The van der Waals surface area contributed by atoms with E-state index in [-0.39, 0.29) is 23.5 Å². The van der Waals surface area contributed by atoms with Gasteiger partial charge in [-0.15, -0.1) is 0 Å². The first-order chi connectivity index (χ1) is 14.9. The van der Waals surface area contributed by atoms with E-state index in [1.54, 1.807) is 18.5 Å². The van der Waals surface area contributed by atoms with Gasteiger partial charge in [-0.3, -0.25) is 9.78 Å². The Kier molecular flexibility index (Phi) is 4.77. The number of carbonyl (C=O) groups is 1. The Morgan fingerprint density at radius 2 is 2.16 bits per heavy atom. The van der Waals surface area contributed by atoms with Gasteiger partial charge in [-0.2, -0.15) is 21.4 Å². The van der Waals surface area contributed by atoms with Crippen molar-refractivity contribution in [2.24, 2.45) is 0 Å². The second kappa shape index (κ2) is 7.49. The molecule has 1 aromatic carbocycles. The Labute approximate surface area is 182 Å². The quantitative estimate of drug-likeness (QED) is 0.487. The zero-order valence-electron chi connectivity index (χ0n) is 17.2. The number of Topliss-reactive ketones (excluding diaryl/α,β-unsaturated/α-hetero) is 1. The van der Waals surface area contributed by atoms with E-state index in [2.05, 4.69) is 15.0 Å². The van der Waals surface area contributed by atoms with Crippen LogP contribution in [-0.2, 0) is 0 Å². The molecule has 1 aliphatic rings. The molecule has 0 amide bonds. The molecule has 31 heavy (non-hydrogen) atoms. The third kappa shape index (κ3) is 3.29. The molecular weight excluding hydrogens is 415 g/mol. The highest BCUT2D eigenvalue weighted by Gasteiger charge is 2.28. The SMILES string of the molecule is CC(=O)c1c(N(C)C2CCSC2)nc2c(-c3cnc4ccc(F)cc4c3)cnn2c1N. The molecule has 5 rings (SSSR count). The molecule has 1 unspecified atom stereocenters. The molecule has 2 N–H and O–H groups in total. The summed E-state index contributed by atoms with van der Waals surface area (Å²) in [6.45, 7) is 1.49. The molecule has 4 heterocycles. The molecule has 1 aliphatic heterocycles. The number of benzene rings is 1. The lowest BCUT2D eigenvalue weighted by Crippen LogP contribution is -2.34. The second-order valence-corrected chi connectivity index (χ2v) is 8.88. The second-order valence-electron chi connectivity index (χ2n) is 7.73. The maximum atomic E-state index is 13.7. The van der Waals surface area contributed by atoms with Crippen LogP contribution in [0.15, 0.2) is 36.7 Å². The van der Waals surface area contributed by atoms with Gasteiger partial charge in [0, 0.05) is 41.6 Å². The summed E-state index contributed by atoms with van der Waals surface area (Å²) in [4.78, 5) is 23.8. The Bertz CT molecular complexity index is 1330. The van der Waals surface area contributed by atoms with E-state index in [1.807, 2.05) is 24.9 Å². The maximum absolute atomic E-state index is 13.7. The van der Waals surface area contributed by atoms with E-state index in [4.69, 9.17) is 10.7 Å². The Balaban J connectivity index is 1.71. The molecule has 4 aromatic rings. The predicted molar refractivity (Wildman–Crippen MR) is 122 cm³/mol. The first kappa shape index (κ1) is 19.7. The summed E-state index contributed by atoms with van der Waals surface area (Å²) in [6, 6.07) is 6.63. The van der Waals surface area contributed by atoms with Crippen LogP contribution in [-0.4, -0.2) is 50.0 Å². The van der Waals surface area contributed by atoms with Crippen LogP contribution in [0.1, 0.15) is 23.7 Å². The standard InChI is InChI=1S/C22H21FN6OS/c1-12(30)19-20(24)29-21(27-22(19)28(2)16-5-6-31-11-16)17(10-26-29)14-7-13-8-15(23)3-4-18(13)25-9-14/h3-4,7-10,16H,5-6,11,24H2,1-2H3. The fourth-order valence-corrected chi connectivity index (χ4v) is 5.32. The number of nitrogen functional groups attached to an aromatic ring is 1. The van der Waals surface area contributed by atoms with Crippen LogP contribution < -0.4 is 10.6 Å². The molecule has 1 atom stereocenters. The lowest BCUT2D eigenvalue weighted by Gasteiger charge is -2.27. The Morgan fingerprint density at radius 3 is 2.90 bits per heavy atom. The number of fused-ring (bicyclic) bond motifs is 2. The summed E-state index contributed by atoms with van der Waals surface area (Å²) in [5, 5.41) is 5.07. The lowest BCUT2D eigenvalue weighted by atomic mass is 10.1. The first-order valence-corrected chi connectivity index (χ1v) is 11.1. The van der Waals surface area contributed by atoms with Crippen molar-refractivity contribution in [2.45, 2.75) is 19.4 Å². The van der Waals surface area contributed by atoms with Crippen LogP contribution in [0, 0.1) is 5.82 Å². The molecule has 0 spiro atoms. The molecule has 1 saturated heterocycles. The predicted octanol–water partition coefficient (Wildman–Crippen LogP) is 3.81. The van der Waals surface area contributed by atoms with Crippen molar-refractivity contribution >= 4 is 45.7 Å². The van der Waals surface area contributed by atoms with Gasteiger partial charge in [0.25, 0.3) is 0 Å². The molecule has 3 aromatic heterocycles. The van der Waals surface area contributed by atoms with Gasteiger partial charge in [0.15, 0.2) is 11.4 Å². The average molecular weight is 437 g/mol. The molecule has 158 valence electrons. The molecule has 0 bridgehead atoms. The number of carbonyl (C=O) groups excluding carboxylic acids is 1. The summed E-state index contributed by atoms with van der Waals surface area (Å²) >= 11 is 1.89. The van der Waals surface area contributed by atoms with Gasteiger partial charge in [-0.05, 0) is 43.4 Å². The highest BCUT2D eigenvalue weighted by molar-refractivity contribution is 7.99. The van der Waals surface area contributed by atoms with Crippen molar-refractivity contribution in [3.05, 3.63) is 48.0 Å². The third-order valence-corrected chi connectivity index (χ3v) is 6.90. The number of ketones is 1. The number of halogens is 1. The van der Waals surface area contributed by atoms with E-state index in [0.717, 1.165) is 29.1 Å². The van der Waals surface area contributed by atoms with Crippen LogP contribution >= 0.6 is 11.8 Å². The Hall–Kier alpha value is -3.20. The number of hydrogen-bond acceptors (Lipinski definition) is 7. The third-order valence-electron chi connectivity index (χ3n) is 5.76. The topological polar surface area (TPSA) is 89.4 Å². The zero-order chi connectivity index (χ0) is 21.7. The van der Waals surface area contributed by atoms with Crippen molar-refractivity contribution in [3.8, 4) is 11.1 Å². The van der Waals surface area contributed by atoms with Crippen molar-refractivity contribution in [1.29, 1.82) is 0 Å². The minimum Gasteiger partial charge on any atom is -0.383 e. The molecule has 9 heteroatoms. The Morgan fingerprint density at radius 1 is 1.32 bits per heavy atom. The van der Waals surface area contributed by atoms with Gasteiger partial charge < -0.3 is 10.6 Å². The minimum atomic E-state index is -0.321. The van der Waals surface area contributed by atoms with Crippen molar-refractivity contribution in [1.82, 2.24) is 19.6 Å². The van der Waals surface area contributed by atoms with E-state index in [9.17, 15) is 9.18 Å². The number of hydrogen-bond donors (Lipinski definition) is 1. The molecule has 7 nitrogen and oxygen atoms in total. The molecular formula is C22H21FN6OS. The van der Waals surface area contributed by atoms with E-state index in [1.165, 1.54) is 23.6 Å². The van der Waals surface area contributed by atoms with Crippen LogP contribution in [0.3, 0.4) is 0 Å². The van der Waals surface area contributed by atoms with Gasteiger partial charge in [0.2, 0.25) is 0 Å². The number of nitrogens with zero attached hydrogens (tertiary/aromatic N) is 5. The molecule has 0 radical (unpaired) electrons. The lowest BCUT2D eigenvalue weighted by molar-refractivity contribution is 0.101. The van der Waals surface area contributed by atoms with E-state index >= 15 is 0 Å². The number of nitrogens with two attached hydrogens (primary N) is 1. The van der Waals surface area contributed by atoms with Crippen molar-refractivity contribution in [2.75, 3.05) is 29.2 Å². The smallest absolute Gasteiger partial charge is 0.167 e. The molecule has 0 aliphatic carbocycles. The van der Waals surface area contributed by atoms with Crippen LogP contribution in [0.4, 0.5) is 16.0 Å². The highest BCUT2D eigenvalue weighted by Crippen LogP contribution is 2.34. The number of aromatic nitrogens is 4. The van der Waals surface area contributed by atoms with E-state index in [0.29, 0.717) is 27.9 Å². The van der Waals surface area contributed by atoms with Gasteiger partial charge >= 0.3 is 0 Å². The summed E-state index contributed by atoms with van der Waals surface area (Å²) in [6.07, 6.45) is 4.39. The monoisotopic (exact) mass is 436 g/mol. The fraction of sp³-hybridized carbons (Fsp3) is 0.273. The maximum Gasteiger partial charge on any atom is 0.167 e. The first-order valence-electron chi connectivity index (χ1n) is 9.98. The summed E-state index contributed by atoms with van der Waals surface area (Å²) in [5.74, 6) is 2.41. The van der Waals surface area contributed by atoms with Gasteiger partial charge in [-0.25, -0.2) is 9.37 Å². The van der Waals surface area contributed by atoms with Crippen molar-refractivity contribution in [3.63, 3.8) is 0 Å². The number of pyridine rings is 1. The summed E-state index contributed by atoms with van der Waals surface area (Å²) in [5.41, 5.74) is 9.48. The number of thioether (sulfide) groups is 1. The normalized spacial score (nSPS) is 16.3. The van der Waals surface area contributed by atoms with Gasteiger partial charge in [-0.1, -0.05) is 0 Å². The van der Waals surface area contributed by atoms with Crippen LogP contribution in [0.5, 0.6) is 0 Å². The van der Waals surface area contributed by atoms with E-state index < -0.39 is 0 Å². The summed E-state index contributed by atoms with van der Waals surface area (Å²) in [7, 11) is 1.96. The van der Waals surface area contributed by atoms with Gasteiger partial charge in [0.05, 0.1) is 11.7 Å². The van der Waals surface area contributed by atoms with Crippen LogP contribution in [0.2, 0.25) is 0 Å². The largest absolute Gasteiger partial charge is 0.383 e. The average Bonchev–Trinajstić information content (AvgIpc) is 3.42. The van der Waals surface area contributed by atoms with Crippen molar-refractivity contribution < 1.29 is 9.18 Å². The molecule has 0 saturated carbocycles. The highest BCUT2D eigenvalue weighted by atomic mass is 32.2. The zero-order valence-corrected chi connectivity index (χ0v) is 18.0. The summed E-state index contributed by atoms with van der Waals surface area (Å²) < 4.78 is 15.2. The van der Waals surface area contributed by atoms with Gasteiger partial charge in [0.1, 0.15) is 23.0 Å².